The van der Waals surface area contributed by atoms with Gasteiger partial charge in [0, 0.05) is 19.0 Å². The van der Waals surface area contributed by atoms with Crippen molar-refractivity contribution in [1.82, 2.24) is 4.90 Å². The van der Waals surface area contributed by atoms with Crippen LogP contribution in [-0.2, 0) is 4.79 Å². The van der Waals surface area contributed by atoms with Crippen LogP contribution in [0.5, 0.6) is 0 Å². The predicted molar refractivity (Wildman–Crippen MR) is 70.6 cm³/mol. The van der Waals surface area contributed by atoms with Crippen molar-refractivity contribution >= 4 is 11.9 Å². The third kappa shape index (κ3) is 4.23. The van der Waals surface area contributed by atoms with Gasteiger partial charge in [-0.1, -0.05) is 20.8 Å². The first-order valence-corrected chi connectivity index (χ1v) is 6.64. The minimum atomic E-state index is -0.887. The van der Waals surface area contributed by atoms with E-state index in [4.69, 9.17) is 5.26 Å². The van der Waals surface area contributed by atoms with Gasteiger partial charge in [-0.3, -0.25) is 4.79 Å². The summed E-state index contributed by atoms with van der Waals surface area (Å²) in [4.78, 5) is 24.3. The molecule has 0 aliphatic carbocycles. The average Bonchev–Trinajstić information content (AvgIpc) is 2.27. The number of piperidine rings is 1. The highest BCUT2D eigenvalue weighted by Crippen LogP contribution is 2.35. The van der Waals surface area contributed by atoms with Gasteiger partial charge in [-0.05, 0) is 24.2 Å². The SMILES string of the molecule is CC(C)(C)C1CC(CC(=O)CC#N)CCN1C(=O)O. The lowest BCUT2D eigenvalue weighted by molar-refractivity contribution is -0.119. The number of likely N-dealkylation sites (tertiary alicyclic amines) is 1. The summed E-state index contributed by atoms with van der Waals surface area (Å²) >= 11 is 0. The highest BCUT2D eigenvalue weighted by Gasteiger charge is 2.38. The van der Waals surface area contributed by atoms with Crippen LogP contribution in [-0.4, -0.2) is 34.5 Å². The van der Waals surface area contributed by atoms with E-state index >= 15 is 0 Å². The Hall–Kier alpha value is -1.57. The third-order valence-corrected chi connectivity index (χ3v) is 3.75. The van der Waals surface area contributed by atoms with Gasteiger partial charge in [-0.2, -0.15) is 5.26 Å². The molecule has 5 heteroatoms. The summed E-state index contributed by atoms with van der Waals surface area (Å²) in [7, 11) is 0. The van der Waals surface area contributed by atoms with Gasteiger partial charge in [0.05, 0.1) is 12.5 Å². The van der Waals surface area contributed by atoms with Crippen LogP contribution in [0.3, 0.4) is 0 Å². The Balaban J connectivity index is 2.72. The summed E-state index contributed by atoms with van der Waals surface area (Å²) in [5, 5.41) is 17.7. The molecule has 1 aliphatic heterocycles. The molecule has 0 aromatic rings. The second-order valence-corrected chi connectivity index (χ2v) is 6.33. The normalized spacial score (nSPS) is 23.8. The quantitative estimate of drug-likeness (QED) is 0.851. The molecule has 0 spiro atoms. The Morgan fingerprint density at radius 3 is 2.53 bits per heavy atom. The number of nitriles is 1. The molecule has 0 aromatic heterocycles. The van der Waals surface area contributed by atoms with E-state index in [2.05, 4.69) is 0 Å². The van der Waals surface area contributed by atoms with E-state index in [1.807, 2.05) is 26.8 Å². The Bertz CT molecular complexity index is 392. The van der Waals surface area contributed by atoms with Crippen molar-refractivity contribution in [2.24, 2.45) is 11.3 Å². The van der Waals surface area contributed by atoms with E-state index < -0.39 is 6.09 Å². The van der Waals surface area contributed by atoms with Crippen molar-refractivity contribution in [3.63, 3.8) is 0 Å². The fourth-order valence-corrected chi connectivity index (χ4v) is 2.76. The number of hydrogen-bond acceptors (Lipinski definition) is 3. The number of carboxylic acid groups (broad SMARTS) is 1. The summed E-state index contributed by atoms with van der Waals surface area (Å²) in [6.07, 6.45) is 0.873. The summed E-state index contributed by atoms with van der Waals surface area (Å²) < 4.78 is 0. The Kier molecular flexibility index (Phi) is 4.93. The third-order valence-electron chi connectivity index (χ3n) is 3.75. The van der Waals surface area contributed by atoms with Gasteiger partial charge < -0.3 is 10.0 Å². The zero-order valence-corrected chi connectivity index (χ0v) is 11.8. The van der Waals surface area contributed by atoms with E-state index in [-0.39, 0.29) is 29.6 Å². The number of amides is 1. The molecule has 1 aliphatic rings. The van der Waals surface area contributed by atoms with Gasteiger partial charge in [0.25, 0.3) is 0 Å². The van der Waals surface area contributed by atoms with Gasteiger partial charge in [-0.15, -0.1) is 0 Å². The van der Waals surface area contributed by atoms with Crippen molar-refractivity contribution in [2.75, 3.05) is 6.54 Å². The largest absolute Gasteiger partial charge is 0.465 e. The standard InChI is InChI=1S/C14H22N2O3/c1-14(2,3)12-9-10(8-11(17)4-6-15)5-7-16(12)13(18)19/h10,12H,4-5,7-9H2,1-3H3,(H,18,19). The maximum absolute atomic E-state index is 11.5. The Morgan fingerprint density at radius 2 is 2.05 bits per heavy atom. The monoisotopic (exact) mass is 266 g/mol. The molecule has 2 unspecified atom stereocenters. The number of carbonyl (C=O) groups is 2. The van der Waals surface area contributed by atoms with Crippen molar-refractivity contribution in [2.45, 2.75) is 52.5 Å². The number of ketones is 1. The van der Waals surface area contributed by atoms with Crippen LogP contribution in [0.1, 0.15) is 46.5 Å². The maximum Gasteiger partial charge on any atom is 0.407 e. The lowest BCUT2D eigenvalue weighted by atomic mass is 9.76. The number of rotatable bonds is 3. The number of carbonyl (C=O) groups excluding carboxylic acids is 1. The molecule has 1 saturated heterocycles. The molecule has 106 valence electrons. The Morgan fingerprint density at radius 1 is 1.42 bits per heavy atom. The molecule has 1 rings (SSSR count). The number of nitrogens with zero attached hydrogens (tertiary/aromatic N) is 2. The zero-order chi connectivity index (χ0) is 14.6. The van der Waals surface area contributed by atoms with E-state index in [9.17, 15) is 14.7 Å². The molecule has 19 heavy (non-hydrogen) atoms. The first-order chi connectivity index (χ1) is 8.75. The van der Waals surface area contributed by atoms with Crippen LogP contribution in [0.4, 0.5) is 4.79 Å². The topological polar surface area (TPSA) is 81.4 Å². The van der Waals surface area contributed by atoms with E-state index in [1.165, 1.54) is 4.90 Å². The molecule has 1 fully saturated rings. The summed E-state index contributed by atoms with van der Waals surface area (Å²) in [5.41, 5.74) is -0.144. The minimum Gasteiger partial charge on any atom is -0.465 e. The fourth-order valence-electron chi connectivity index (χ4n) is 2.76. The molecule has 1 amide bonds. The van der Waals surface area contributed by atoms with Gasteiger partial charge in [0.1, 0.15) is 5.78 Å². The van der Waals surface area contributed by atoms with E-state index in [1.54, 1.807) is 0 Å². The van der Waals surface area contributed by atoms with Crippen molar-refractivity contribution in [3.05, 3.63) is 0 Å². The number of Topliss-reactive ketones (excluding diaryl/α,β-unsaturated/α-hetero) is 1. The van der Waals surface area contributed by atoms with Crippen LogP contribution in [0.2, 0.25) is 0 Å². The van der Waals surface area contributed by atoms with Gasteiger partial charge in [0.15, 0.2) is 0 Å². The van der Waals surface area contributed by atoms with Crippen molar-refractivity contribution < 1.29 is 14.7 Å². The molecule has 2 atom stereocenters. The lowest BCUT2D eigenvalue weighted by Crippen LogP contribution is -2.51. The molecular formula is C14H22N2O3. The fraction of sp³-hybridized carbons (Fsp3) is 0.786. The number of hydrogen-bond donors (Lipinski definition) is 1. The van der Waals surface area contributed by atoms with Crippen LogP contribution in [0, 0.1) is 22.7 Å². The molecule has 0 saturated carbocycles. The minimum absolute atomic E-state index is 0.0380. The molecule has 1 heterocycles. The highest BCUT2D eigenvalue weighted by atomic mass is 16.4. The molecule has 1 N–H and O–H groups in total. The Labute approximate surface area is 114 Å². The average molecular weight is 266 g/mol. The summed E-state index contributed by atoms with van der Waals surface area (Å²) in [6.45, 7) is 6.54. The van der Waals surface area contributed by atoms with Gasteiger partial charge in [0.2, 0.25) is 0 Å². The summed E-state index contributed by atoms with van der Waals surface area (Å²) in [5.74, 6) is 0.157. The first-order valence-electron chi connectivity index (χ1n) is 6.64. The van der Waals surface area contributed by atoms with E-state index in [0.29, 0.717) is 25.8 Å². The molecule has 0 bridgehead atoms. The van der Waals surface area contributed by atoms with E-state index in [0.717, 1.165) is 0 Å². The molecule has 0 radical (unpaired) electrons. The smallest absolute Gasteiger partial charge is 0.407 e. The highest BCUT2D eigenvalue weighted by molar-refractivity contribution is 5.80. The van der Waals surface area contributed by atoms with Crippen LogP contribution in [0.25, 0.3) is 0 Å². The van der Waals surface area contributed by atoms with Crippen LogP contribution >= 0.6 is 0 Å². The predicted octanol–water partition coefficient (Wildman–Crippen LogP) is 2.66. The molecule has 5 nitrogen and oxygen atoms in total. The van der Waals surface area contributed by atoms with Crippen LogP contribution < -0.4 is 0 Å². The first kappa shape index (κ1) is 15.5. The second-order valence-electron chi connectivity index (χ2n) is 6.33. The molecular weight excluding hydrogens is 244 g/mol. The van der Waals surface area contributed by atoms with Gasteiger partial charge >= 0.3 is 6.09 Å². The maximum atomic E-state index is 11.5. The van der Waals surface area contributed by atoms with Crippen molar-refractivity contribution in [1.29, 1.82) is 5.26 Å². The summed E-state index contributed by atoms with van der Waals surface area (Å²) in [6, 6.07) is 1.80. The molecule has 0 aromatic carbocycles. The van der Waals surface area contributed by atoms with Crippen molar-refractivity contribution in [3.8, 4) is 6.07 Å². The van der Waals surface area contributed by atoms with Crippen LogP contribution in [0.15, 0.2) is 0 Å². The lowest BCUT2D eigenvalue weighted by Gasteiger charge is -2.44. The second kappa shape index (κ2) is 6.05. The van der Waals surface area contributed by atoms with Gasteiger partial charge in [-0.25, -0.2) is 4.79 Å². The zero-order valence-electron chi connectivity index (χ0n) is 11.8.